The van der Waals surface area contributed by atoms with Crippen LogP contribution in [0.5, 0.6) is 23.0 Å². The molecule has 0 saturated heterocycles. The number of benzene rings is 2. The van der Waals surface area contributed by atoms with Gasteiger partial charge in [-0.25, -0.2) is 9.59 Å². The molecule has 0 aliphatic carbocycles. The van der Waals surface area contributed by atoms with E-state index in [-0.39, 0.29) is 11.1 Å². The van der Waals surface area contributed by atoms with Gasteiger partial charge >= 0.3 is 34.7 Å². The van der Waals surface area contributed by atoms with E-state index in [1.807, 2.05) is 0 Å². The Morgan fingerprint density at radius 2 is 0.949 bits per heavy atom. The van der Waals surface area contributed by atoms with Gasteiger partial charge in [0.1, 0.15) is 13.2 Å². The third-order valence-corrected chi connectivity index (χ3v) is 5.39. The summed E-state index contributed by atoms with van der Waals surface area (Å²) in [7, 11) is 3.18. The van der Waals surface area contributed by atoms with Gasteiger partial charge in [-0.2, -0.15) is 0 Å². The summed E-state index contributed by atoms with van der Waals surface area (Å²) in [5, 5.41) is 53.8. The molecule has 4 rings (SSSR count). The van der Waals surface area contributed by atoms with Gasteiger partial charge < -0.3 is 28.8 Å². The van der Waals surface area contributed by atoms with E-state index < -0.39 is 102 Å². The Labute approximate surface area is 213 Å². The molecular weight excluding hydrogens is 540 g/mol. The number of methoxy groups -OCH3 is 3. The molecule has 0 amide bonds. The Hall–Kier alpha value is -5.82. The summed E-state index contributed by atoms with van der Waals surface area (Å²) < 4.78 is 23.4. The molecule has 0 unspecified atom stereocenters. The van der Waals surface area contributed by atoms with E-state index in [2.05, 4.69) is 14.2 Å². The zero-order chi connectivity index (χ0) is 29.3. The number of ether oxygens (including phenoxy) is 5. The van der Waals surface area contributed by atoms with Gasteiger partial charge in [0.25, 0.3) is 0 Å². The van der Waals surface area contributed by atoms with Crippen molar-refractivity contribution in [3.8, 4) is 23.0 Å². The van der Waals surface area contributed by atoms with Crippen LogP contribution in [0, 0.1) is 40.5 Å². The van der Waals surface area contributed by atoms with E-state index in [4.69, 9.17) is 9.47 Å². The van der Waals surface area contributed by atoms with Crippen LogP contribution in [0.3, 0.4) is 0 Å². The number of cyclic esters (lactones) is 2. The number of carbonyl (C=O) groups excluding carboxylic acids is 2. The van der Waals surface area contributed by atoms with Gasteiger partial charge in [-0.1, -0.05) is 0 Å². The van der Waals surface area contributed by atoms with Crippen LogP contribution in [0.4, 0.5) is 22.7 Å². The molecule has 0 radical (unpaired) electrons. The van der Waals surface area contributed by atoms with Crippen LogP contribution in [-0.2, 0) is 22.7 Å². The number of nitrogens with zero attached hydrogens (tertiary/aromatic N) is 4. The van der Waals surface area contributed by atoms with Gasteiger partial charge in [0, 0.05) is 0 Å². The van der Waals surface area contributed by atoms with Crippen LogP contribution < -0.4 is 14.2 Å². The van der Waals surface area contributed by atoms with Crippen LogP contribution in [-0.4, -0.2) is 58.1 Å². The zero-order valence-corrected chi connectivity index (χ0v) is 19.8. The molecule has 0 spiro atoms. The maximum absolute atomic E-state index is 11.6. The highest BCUT2D eigenvalue weighted by Crippen LogP contribution is 2.52. The third-order valence-electron chi connectivity index (χ3n) is 5.39. The molecule has 2 aliphatic heterocycles. The Morgan fingerprint density at radius 3 is 1.31 bits per heavy atom. The van der Waals surface area contributed by atoms with Crippen LogP contribution in [0.25, 0.3) is 0 Å². The van der Waals surface area contributed by atoms with Gasteiger partial charge in [-0.15, -0.1) is 0 Å². The molecule has 0 bridgehead atoms. The number of carbonyl (C=O) groups is 2. The van der Waals surface area contributed by atoms with E-state index in [1.165, 1.54) is 0 Å². The van der Waals surface area contributed by atoms with Crippen molar-refractivity contribution in [2.24, 2.45) is 0 Å². The fourth-order valence-corrected chi connectivity index (χ4v) is 3.92. The number of nitro groups is 4. The molecule has 0 saturated carbocycles. The topological polar surface area (TPSA) is 273 Å². The summed E-state index contributed by atoms with van der Waals surface area (Å²) in [6.45, 7) is -0.936. The normalized spacial score (nSPS) is 12.7. The van der Waals surface area contributed by atoms with Crippen LogP contribution in [0.1, 0.15) is 31.8 Å². The summed E-state index contributed by atoms with van der Waals surface area (Å²) in [6.07, 6.45) is 0. The van der Waals surface area contributed by atoms with Crippen molar-refractivity contribution < 1.29 is 58.1 Å². The Morgan fingerprint density at radius 1 is 0.615 bits per heavy atom. The Bertz CT molecular complexity index is 1480. The monoisotopic (exact) mass is 554 g/mol. The molecule has 2 aliphatic rings. The molecule has 2 aromatic rings. The first-order chi connectivity index (χ1) is 18.3. The number of nitro benzene ring substituents is 4. The van der Waals surface area contributed by atoms with E-state index in [0.29, 0.717) is 0 Å². The molecule has 0 fully saturated rings. The zero-order valence-electron chi connectivity index (χ0n) is 19.8. The van der Waals surface area contributed by atoms with Crippen molar-refractivity contribution in [2.45, 2.75) is 13.2 Å². The Balaban J connectivity index is 0.000000216. The maximum Gasteiger partial charge on any atom is 0.346 e. The summed E-state index contributed by atoms with van der Waals surface area (Å²) in [6, 6.07) is 0. The highest BCUT2D eigenvalue weighted by molar-refractivity contribution is 6.02. The fraction of sp³-hybridized carbons (Fsp3) is 0.263. The minimum Gasteiger partial charge on any atom is -0.499 e. The van der Waals surface area contributed by atoms with E-state index in [9.17, 15) is 55.2 Å². The number of esters is 2. The second-order valence-electron chi connectivity index (χ2n) is 7.23. The molecule has 2 aromatic carbocycles. The second-order valence-corrected chi connectivity index (χ2v) is 7.23. The van der Waals surface area contributed by atoms with Gasteiger partial charge in [0.05, 0.1) is 52.1 Å². The lowest BCUT2D eigenvalue weighted by Gasteiger charge is -2.10. The van der Waals surface area contributed by atoms with Gasteiger partial charge in [0.2, 0.25) is 23.0 Å². The summed E-state index contributed by atoms with van der Waals surface area (Å²) in [5.74, 6) is -4.72. The number of rotatable bonds is 7. The van der Waals surface area contributed by atoms with Crippen LogP contribution in [0.15, 0.2) is 0 Å². The van der Waals surface area contributed by atoms with Crippen molar-refractivity contribution in [1.29, 1.82) is 0 Å². The van der Waals surface area contributed by atoms with E-state index in [0.717, 1.165) is 21.3 Å². The molecule has 20 nitrogen and oxygen atoms in total. The average molecular weight is 554 g/mol. The minimum absolute atomic E-state index is 0.190. The molecule has 39 heavy (non-hydrogen) atoms. The molecule has 0 atom stereocenters. The van der Waals surface area contributed by atoms with E-state index in [1.54, 1.807) is 0 Å². The quantitative estimate of drug-likeness (QED) is 0.291. The first-order valence-electron chi connectivity index (χ1n) is 10.0. The number of hydrogen-bond acceptors (Lipinski definition) is 16. The lowest BCUT2D eigenvalue weighted by molar-refractivity contribution is -0.391. The number of hydrogen-bond donors (Lipinski definition) is 1. The second kappa shape index (κ2) is 10.3. The largest absolute Gasteiger partial charge is 0.499 e. The van der Waals surface area contributed by atoms with E-state index >= 15 is 0 Å². The smallest absolute Gasteiger partial charge is 0.346 e. The van der Waals surface area contributed by atoms with Crippen molar-refractivity contribution >= 4 is 34.7 Å². The number of aromatic hydroxyl groups is 1. The van der Waals surface area contributed by atoms with Gasteiger partial charge in [-0.3, -0.25) is 40.5 Å². The SMILES string of the molecule is COc1c(O)c([N+](=O)[O-])c2c(c1[N+](=O)[O-])C(=O)OC2.COc1c(OC)c([N+](=O)[O-])c2c(c1[N+](=O)[O-])COC2=O. The molecular formula is C19H14N4O16. The molecule has 20 heteroatoms. The van der Waals surface area contributed by atoms with Crippen molar-refractivity contribution in [2.75, 3.05) is 21.3 Å². The fourth-order valence-electron chi connectivity index (χ4n) is 3.92. The highest BCUT2D eigenvalue weighted by Gasteiger charge is 2.46. The number of phenolic OH excluding ortho intramolecular Hbond substituents is 1. The molecule has 206 valence electrons. The minimum atomic E-state index is -1.07. The average Bonchev–Trinajstić information content (AvgIpc) is 3.43. The van der Waals surface area contributed by atoms with Gasteiger partial charge in [0.15, 0.2) is 11.1 Å². The van der Waals surface area contributed by atoms with Crippen LogP contribution in [0.2, 0.25) is 0 Å². The molecule has 2 heterocycles. The first kappa shape index (κ1) is 27.8. The van der Waals surface area contributed by atoms with Crippen molar-refractivity contribution in [3.63, 3.8) is 0 Å². The van der Waals surface area contributed by atoms with Crippen molar-refractivity contribution in [1.82, 2.24) is 0 Å². The number of phenols is 1. The maximum atomic E-state index is 11.6. The van der Waals surface area contributed by atoms with Crippen LogP contribution >= 0.6 is 0 Å². The standard InChI is InChI=1S/C10H8N2O8.C9H6N2O8/c1-18-8-6(11(14)15)4-3-20-10(13)5(4)7(12(16)17)9(8)19-2;1-18-8-6(11(16)17)4-3(2-19-9(4)13)5(7(8)12)10(14)15/h3H2,1-2H3;12H,2H2,1H3. The predicted molar refractivity (Wildman–Crippen MR) is 119 cm³/mol. The molecule has 1 N–H and O–H groups in total. The first-order valence-corrected chi connectivity index (χ1v) is 10.0. The summed E-state index contributed by atoms with van der Waals surface area (Å²) in [4.78, 5) is 63.6. The number of fused-ring (bicyclic) bond motifs is 2. The Kier molecular flexibility index (Phi) is 7.31. The van der Waals surface area contributed by atoms with Gasteiger partial charge in [-0.05, 0) is 0 Å². The van der Waals surface area contributed by atoms with Crippen molar-refractivity contribution in [3.05, 3.63) is 62.7 Å². The third kappa shape index (κ3) is 4.34. The summed E-state index contributed by atoms with van der Waals surface area (Å²) in [5.41, 5.74) is -4.51. The summed E-state index contributed by atoms with van der Waals surface area (Å²) >= 11 is 0. The highest BCUT2D eigenvalue weighted by atomic mass is 16.6. The lowest BCUT2D eigenvalue weighted by Crippen LogP contribution is -2.08. The lowest BCUT2D eigenvalue weighted by atomic mass is 10.0. The molecule has 0 aromatic heterocycles. The predicted octanol–water partition coefficient (Wildman–Crippen LogP) is 2.08.